The second kappa shape index (κ2) is 5.53. The molecule has 0 spiro atoms. The minimum atomic E-state index is -0.532. The van der Waals surface area contributed by atoms with E-state index in [1.807, 2.05) is 12.1 Å². The average molecular weight is 214 g/mol. The van der Waals surface area contributed by atoms with Gasteiger partial charge in [-0.05, 0) is 18.1 Å². The Morgan fingerprint density at radius 2 is 2.19 bits per heavy atom. The van der Waals surface area contributed by atoms with Crippen LogP contribution in [0.1, 0.15) is 27.9 Å². The van der Waals surface area contributed by atoms with Crippen LogP contribution < -0.4 is 0 Å². The molecule has 80 valence electrons. The molecule has 1 rings (SSSR count). The van der Waals surface area contributed by atoms with Gasteiger partial charge in [0.05, 0.1) is 24.3 Å². The molecule has 16 heavy (non-hydrogen) atoms. The van der Waals surface area contributed by atoms with Crippen LogP contribution in [0.25, 0.3) is 0 Å². The van der Waals surface area contributed by atoms with Crippen LogP contribution in [0, 0.1) is 22.7 Å². The van der Waals surface area contributed by atoms with E-state index < -0.39 is 5.97 Å². The van der Waals surface area contributed by atoms with Crippen molar-refractivity contribution in [1.29, 1.82) is 10.5 Å². The zero-order chi connectivity index (χ0) is 12.0. The number of hydrogen-bond donors (Lipinski definition) is 0. The predicted octanol–water partition coefficient (Wildman–Crippen LogP) is 1.80. The van der Waals surface area contributed by atoms with Gasteiger partial charge < -0.3 is 4.74 Å². The van der Waals surface area contributed by atoms with Gasteiger partial charge in [0.25, 0.3) is 0 Å². The van der Waals surface area contributed by atoms with Crippen molar-refractivity contribution in [2.75, 3.05) is 7.11 Å². The van der Waals surface area contributed by atoms with E-state index in [1.165, 1.54) is 7.11 Å². The number of hydrogen-bond acceptors (Lipinski definition) is 4. The highest BCUT2D eigenvalue weighted by Crippen LogP contribution is 2.16. The number of ether oxygens (including phenoxy) is 1. The number of nitriles is 2. The van der Waals surface area contributed by atoms with Gasteiger partial charge in [0, 0.05) is 6.42 Å². The molecular formula is C12H10N2O2. The van der Waals surface area contributed by atoms with Crippen molar-refractivity contribution in [3.63, 3.8) is 0 Å². The molecule has 0 amide bonds. The molecule has 0 N–H and O–H groups in total. The van der Waals surface area contributed by atoms with E-state index in [0.717, 1.165) is 0 Å². The number of rotatable bonds is 3. The highest BCUT2D eigenvalue weighted by molar-refractivity contribution is 5.92. The summed E-state index contributed by atoms with van der Waals surface area (Å²) in [6, 6.07) is 8.94. The summed E-state index contributed by atoms with van der Waals surface area (Å²) in [5.41, 5.74) is 1.25. The van der Waals surface area contributed by atoms with Crippen molar-refractivity contribution in [2.24, 2.45) is 0 Å². The minimum Gasteiger partial charge on any atom is -0.465 e. The van der Waals surface area contributed by atoms with E-state index in [-0.39, 0.29) is 5.56 Å². The summed E-state index contributed by atoms with van der Waals surface area (Å²) in [6.07, 6.45) is 0.781. The molecule has 0 atom stereocenters. The van der Waals surface area contributed by atoms with Gasteiger partial charge in [-0.3, -0.25) is 0 Å². The number of carbonyl (C=O) groups is 1. The van der Waals surface area contributed by atoms with Crippen LogP contribution in [-0.4, -0.2) is 13.1 Å². The van der Waals surface area contributed by atoms with Crippen LogP contribution in [0.4, 0.5) is 0 Å². The van der Waals surface area contributed by atoms with Crippen LogP contribution in [-0.2, 0) is 11.2 Å². The average Bonchev–Trinajstić information content (AvgIpc) is 2.34. The van der Waals surface area contributed by atoms with Crippen molar-refractivity contribution >= 4 is 5.97 Å². The Morgan fingerprint density at radius 1 is 1.44 bits per heavy atom. The first-order valence-electron chi connectivity index (χ1n) is 4.71. The summed E-state index contributed by atoms with van der Waals surface area (Å²) in [5, 5.41) is 17.5. The SMILES string of the molecule is COC(=O)c1cccc(CCC#N)c1C#N. The molecule has 4 nitrogen and oxygen atoms in total. The molecule has 0 bridgehead atoms. The van der Waals surface area contributed by atoms with Crippen LogP contribution in [0.5, 0.6) is 0 Å². The Hall–Kier alpha value is -2.33. The lowest BCUT2D eigenvalue weighted by Gasteiger charge is -2.06. The lowest BCUT2D eigenvalue weighted by Crippen LogP contribution is -2.06. The first kappa shape index (κ1) is 11.7. The number of aryl methyl sites for hydroxylation is 1. The van der Waals surface area contributed by atoms with E-state index >= 15 is 0 Å². The van der Waals surface area contributed by atoms with Gasteiger partial charge in [0.15, 0.2) is 0 Å². The van der Waals surface area contributed by atoms with Crippen molar-refractivity contribution in [1.82, 2.24) is 0 Å². The smallest absolute Gasteiger partial charge is 0.339 e. The lowest BCUT2D eigenvalue weighted by atomic mass is 9.99. The monoisotopic (exact) mass is 214 g/mol. The van der Waals surface area contributed by atoms with E-state index in [4.69, 9.17) is 10.5 Å². The summed E-state index contributed by atoms with van der Waals surface area (Å²) >= 11 is 0. The molecule has 0 saturated heterocycles. The Morgan fingerprint density at radius 3 is 2.75 bits per heavy atom. The third kappa shape index (κ3) is 2.37. The number of nitrogens with zero attached hydrogens (tertiary/aromatic N) is 2. The van der Waals surface area contributed by atoms with Crippen LogP contribution in [0.3, 0.4) is 0 Å². The summed E-state index contributed by atoms with van der Waals surface area (Å²) < 4.78 is 4.58. The Kier molecular flexibility index (Phi) is 4.06. The van der Waals surface area contributed by atoms with E-state index in [1.54, 1.807) is 18.2 Å². The van der Waals surface area contributed by atoms with Crippen molar-refractivity contribution in [2.45, 2.75) is 12.8 Å². The molecule has 0 aliphatic carbocycles. The highest BCUT2D eigenvalue weighted by Gasteiger charge is 2.14. The number of esters is 1. The molecule has 0 saturated carbocycles. The maximum absolute atomic E-state index is 11.4. The fourth-order valence-corrected chi connectivity index (χ4v) is 1.41. The molecule has 0 aliphatic rings. The van der Waals surface area contributed by atoms with Gasteiger partial charge in [-0.15, -0.1) is 0 Å². The summed E-state index contributed by atoms with van der Waals surface area (Å²) in [4.78, 5) is 11.4. The molecular weight excluding hydrogens is 204 g/mol. The summed E-state index contributed by atoms with van der Waals surface area (Å²) in [7, 11) is 1.27. The first-order valence-corrected chi connectivity index (χ1v) is 4.71. The number of carbonyl (C=O) groups excluding carboxylic acids is 1. The maximum Gasteiger partial charge on any atom is 0.339 e. The predicted molar refractivity (Wildman–Crippen MR) is 56.4 cm³/mol. The molecule has 4 heteroatoms. The molecule has 0 radical (unpaired) electrons. The van der Waals surface area contributed by atoms with Gasteiger partial charge in [0.1, 0.15) is 6.07 Å². The summed E-state index contributed by atoms with van der Waals surface area (Å²) in [5.74, 6) is -0.532. The topological polar surface area (TPSA) is 73.9 Å². The molecule has 0 fully saturated rings. The molecule has 0 heterocycles. The Labute approximate surface area is 93.7 Å². The van der Waals surface area contributed by atoms with E-state index in [2.05, 4.69) is 4.74 Å². The number of methoxy groups -OCH3 is 1. The van der Waals surface area contributed by atoms with Gasteiger partial charge in [0.2, 0.25) is 0 Å². The highest BCUT2D eigenvalue weighted by atomic mass is 16.5. The second-order valence-electron chi connectivity index (χ2n) is 3.10. The lowest BCUT2D eigenvalue weighted by molar-refractivity contribution is 0.0600. The van der Waals surface area contributed by atoms with Gasteiger partial charge in [-0.2, -0.15) is 10.5 Å². The van der Waals surface area contributed by atoms with Crippen LogP contribution in [0.15, 0.2) is 18.2 Å². The van der Waals surface area contributed by atoms with Crippen molar-refractivity contribution in [3.8, 4) is 12.1 Å². The fourth-order valence-electron chi connectivity index (χ4n) is 1.41. The minimum absolute atomic E-state index is 0.250. The third-order valence-electron chi connectivity index (χ3n) is 2.17. The van der Waals surface area contributed by atoms with Crippen molar-refractivity contribution in [3.05, 3.63) is 34.9 Å². The third-order valence-corrected chi connectivity index (χ3v) is 2.17. The molecule has 0 unspecified atom stereocenters. The Bertz CT molecular complexity index is 481. The molecule has 0 aromatic heterocycles. The fraction of sp³-hybridized carbons (Fsp3) is 0.250. The standard InChI is InChI=1S/C12H10N2O2/c1-16-12(15)10-6-2-4-9(5-3-7-13)11(10)8-14/h2,4,6H,3,5H2,1H3. The zero-order valence-electron chi connectivity index (χ0n) is 8.86. The normalized spacial score (nSPS) is 8.94. The largest absolute Gasteiger partial charge is 0.465 e. The molecule has 1 aromatic rings. The zero-order valence-corrected chi connectivity index (χ0v) is 8.86. The van der Waals surface area contributed by atoms with Gasteiger partial charge in [-0.1, -0.05) is 12.1 Å². The number of benzene rings is 1. The molecule has 1 aromatic carbocycles. The van der Waals surface area contributed by atoms with E-state index in [0.29, 0.717) is 24.0 Å². The first-order chi connectivity index (χ1) is 7.74. The summed E-state index contributed by atoms with van der Waals surface area (Å²) in [6.45, 7) is 0. The van der Waals surface area contributed by atoms with Crippen LogP contribution in [0.2, 0.25) is 0 Å². The van der Waals surface area contributed by atoms with Gasteiger partial charge in [-0.25, -0.2) is 4.79 Å². The second-order valence-corrected chi connectivity index (χ2v) is 3.10. The van der Waals surface area contributed by atoms with E-state index in [9.17, 15) is 4.79 Å². The molecule has 0 aliphatic heterocycles. The quantitative estimate of drug-likeness (QED) is 0.719. The van der Waals surface area contributed by atoms with Crippen molar-refractivity contribution < 1.29 is 9.53 Å². The maximum atomic E-state index is 11.4. The van der Waals surface area contributed by atoms with Crippen LogP contribution >= 0.6 is 0 Å². The Balaban J connectivity index is 3.18. The van der Waals surface area contributed by atoms with Gasteiger partial charge >= 0.3 is 5.97 Å².